The van der Waals surface area contributed by atoms with Gasteiger partial charge in [0.2, 0.25) is 0 Å². The van der Waals surface area contributed by atoms with E-state index in [0.29, 0.717) is 10.7 Å². The molecule has 1 aromatic heterocycles. The Bertz CT molecular complexity index is 1090. The van der Waals surface area contributed by atoms with E-state index in [0.717, 1.165) is 28.8 Å². The number of thiazole rings is 1. The summed E-state index contributed by atoms with van der Waals surface area (Å²) in [7, 11) is -1.67. The highest BCUT2D eigenvalue weighted by atomic mass is 32.2. The van der Waals surface area contributed by atoms with Crippen molar-refractivity contribution in [2.45, 2.75) is 11.8 Å². The molecule has 0 unspecified atom stereocenters. The third-order valence-electron chi connectivity index (χ3n) is 3.96. The number of benzene rings is 2. The number of aryl methyl sites for hydroxylation is 1. The summed E-state index contributed by atoms with van der Waals surface area (Å²) >= 11 is 1.32. The van der Waals surface area contributed by atoms with Crippen LogP contribution in [0.5, 0.6) is 5.75 Å². The van der Waals surface area contributed by atoms with Crippen LogP contribution in [0, 0.1) is 6.92 Å². The predicted octanol–water partition coefficient (Wildman–Crippen LogP) is 3.78. The van der Waals surface area contributed by atoms with E-state index in [1.54, 1.807) is 7.11 Å². The number of nitrogens with zero attached hydrogens (tertiary/aromatic N) is 1. The van der Waals surface area contributed by atoms with Crippen LogP contribution in [-0.4, -0.2) is 32.7 Å². The summed E-state index contributed by atoms with van der Waals surface area (Å²) < 4.78 is 28.2. The Hall–Kier alpha value is -2.71. The molecule has 1 amide bonds. The van der Waals surface area contributed by atoms with Crippen molar-refractivity contribution in [3.05, 3.63) is 59.0 Å². The number of hydrogen-bond donors (Lipinski definition) is 1. The number of carbonyl (C=O) groups is 1. The highest BCUT2D eigenvalue weighted by Gasteiger charge is 2.13. The van der Waals surface area contributed by atoms with Gasteiger partial charge >= 0.3 is 0 Å². The molecule has 0 aliphatic carbocycles. The Morgan fingerprint density at radius 2 is 1.85 bits per heavy atom. The number of rotatable bonds is 5. The molecule has 6 nitrogen and oxygen atoms in total. The van der Waals surface area contributed by atoms with E-state index in [-0.39, 0.29) is 10.8 Å². The lowest BCUT2D eigenvalue weighted by atomic mass is 10.1. The topological polar surface area (TPSA) is 85.4 Å². The van der Waals surface area contributed by atoms with Gasteiger partial charge in [0.05, 0.1) is 17.7 Å². The standard InChI is InChI=1S/C19H18N2O4S2/c1-12-10-14(6-9-17(12)25-2)16-11-26-19(20-16)21-18(22)13-4-7-15(8-5-13)27(3,23)24/h4-11H,1-3H3,(H,20,21,22). The second-order valence-electron chi connectivity index (χ2n) is 5.97. The highest BCUT2D eigenvalue weighted by molar-refractivity contribution is 7.90. The number of hydrogen-bond acceptors (Lipinski definition) is 6. The van der Waals surface area contributed by atoms with Crippen LogP contribution in [0.1, 0.15) is 15.9 Å². The van der Waals surface area contributed by atoms with E-state index < -0.39 is 9.84 Å². The quantitative estimate of drug-likeness (QED) is 0.702. The van der Waals surface area contributed by atoms with Crippen LogP contribution in [-0.2, 0) is 9.84 Å². The van der Waals surface area contributed by atoms with E-state index in [9.17, 15) is 13.2 Å². The second-order valence-corrected chi connectivity index (χ2v) is 8.85. The van der Waals surface area contributed by atoms with Crippen molar-refractivity contribution in [3.63, 3.8) is 0 Å². The maximum Gasteiger partial charge on any atom is 0.257 e. The first-order valence-corrected chi connectivity index (χ1v) is 10.8. The summed E-state index contributed by atoms with van der Waals surface area (Å²) in [5, 5.41) is 5.07. The number of nitrogens with one attached hydrogen (secondary N) is 1. The Morgan fingerprint density at radius 1 is 1.15 bits per heavy atom. The molecule has 0 radical (unpaired) electrons. The van der Waals surface area contributed by atoms with Gasteiger partial charge in [-0.1, -0.05) is 0 Å². The third kappa shape index (κ3) is 4.35. The molecular weight excluding hydrogens is 384 g/mol. The minimum atomic E-state index is -3.29. The third-order valence-corrected chi connectivity index (χ3v) is 5.85. The Balaban J connectivity index is 1.75. The molecule has 140 valence electrons. The van der Waals surface area contributed by atoms with Gasteiger partial charge in [0, 0.05) is 22.8 Å². The molecular formula is C19H18N2O4S2. The second kappa shape index (κ2) is 7.50. The molecule has 2 aromatic carbocycles. The molecule has 1 heterocycles. The van der Waals surface area contributed by atoms with Crippen LogP contribution >= 0.6 is 11.3 Å². The molecule has 0 fully saturated rings. The lowest BCUT2D eigenvalue weighted by molar-refractivity contribution is 0.102. The van der Waals surface area contributed by atoms with E-state index in [4.69, 9.17) is 4.74 Å². The smallest absolute Gasteiger partial charge is 0.257 e. The molecule has 3 rings (SSSR count). The van der Waals surface area contributed by atoms with Gasteiger partial charge < -0.3 is 4.74 Å². The molecule has 0 aliphatic heterocycles. The number of sulfone groups is 1. The van der Waals surface area contributed by atoms with Crippen LogP contribution in [0.25, 0.3) is 11.3 Å². The monoisotopic (exact) mass is 402 g/mol. The van der Waals surface area contributed by atoms with Gasteiger partial charge in [0.1, 0.15) is 5.75 Å². The Kier molecular flexibility index (Phi) is 5.29. The predicted molar refractivity (Wildman–Crippen MR) is 106 cm³/mol. The molecule has 0 atom stereocenters. The number of anilines is 1. The number of aromatic nitrogens is 1. The summed E-state index contributed by atoms with van der Waals surface area (Å²) in [4.78, 5) is 17.0. The summed E-state index contributed by atoms with van der Waals surface area (Å²) in [5.41, 5.74) is 3.05. The molecule has 0 spiro atoms. The first kappa shape index (κ1) is 19.1. The van der Waals surface area contributed by atoms with Crippen molar-refractivity contribution in [3.8, 4) is 17.0 Å². The van der Waals surface area contributed by atoms with Gasteiger partial charge in [-0.3, -0.25) is 10.1 Å². The zero-order valence-electron chi connectivity index (χ0n) is 15.0. The molecule has 0 aliphatic rings. The summed E-state index contributed by atoms with van der Waals surface area (Å²) in [6.07, 6.45) is 1.13. The van der Waals surface area contributed by atoms with Crippen molar-refractivity contribution in [1.82, 2.24) is 4.98 Å². The van der Waals surface area contributed by atoms with E-state index >= 15 is 0 Å². The molecule has 27 heavy (non-hydrogen) atoms. The van der Waals surface area contributed by atoms with Crippen LogP contribution in [0.3, 0.4) is 0 Å². The normalized spacial score (nSPS) is 11.2. The Morgan fingerprint density at radius 3 is 2.44 bits per heavy atom. The van der Waals surface area contributed by atoms with Gasteiger partial charge in [-0.25, -0.2) is 13.4 Å². The van der Waals surface area contributed by atoms with Gasteiger partial charge in [-0.15, -0.1) is 11.3 Å². The largest absolute Gasteiger partial charge is 0.496 e. The van der Waals surface area contributed by atoms with Crippen LogP contribution in [0.15, 0.2) is 52.7 Å². The molecule has 0 bridgehead atoms. The van der Waals surface area contributed by atoms with Gasteiger partial charge in [0.15, 0.2) is 15.0 Å². The summed E-state index contributed by atoms with van der Waals surface area (Å²) in [6.45, 7) is 1.96. The minimum absolute atomic E-state index is 0.172. The fourth-order valence-electron chi connectivity index (χ4n) is 2.52. The van der Waals surface area contributed by atoms with E-state index in [1.807, 2.05) is 30.5 Å². The zero-order chi connectivity index (χ0) is 19.6. The van der Waals surface area contributed by atoms with Crippen LogP contribution in [0.2, 0.25) is 0 Å². The maximum absolute atomic E-state index is 12.3. The zero-order valence-corrected chi connectivity index (χ0v) is 16.6. The number of amides is 1. The molecule has 0 saturated heterocycles. The van der Waals surface area contributed by atoms with Crippen LogP contribution < -0.4 is 10.1 Å². The summed E-state index contributed by atoms with van der Waals surface area (Å²) in [6, 6.07) is 11.6. The van der Waals surface area contributed by atoms with Crippen molar-refractivity contribution >= 4 is 32.2 Å². The highest BCUT2D eigenvalue weighted by Crippen LogP contribution is 2.29. The van der Waals surface area contributed by atoms with Crippen LogP contribution in [0.4, 0.5) is 5.13 Å². The maximum atomic E-state index is 12.3. The average Bonchev–Trinajstić information content (AvgIpc) is 3.09. The first-order valence-electron chi connectivity index (χ1n) is 8.00. The fourth-order valence-corrected chi connectivity index (χ4v) is 3.87. The average molecular weight is 402 g/mol. The van der Waals surface area contributed by atoms with Crippen molar-refractivity contribution in [2.24, 2.45) is 0 Å². The minimum Gasteiger partial charge on any atom is -0.496 e. The molecule has 8 heteroatoms. The lowest BCUT2D eigenvalue weighted by Gasteiger charge is -2.05. The lowest BCUT2D eigenvalue weighted by Crippen LogP contribution is -2.12. The van der Waals surface area contributed by atoms with Gasteiger partial charge in [-0.05, 0) is 55.0 Å². The van der Waals surface area contributed by atoms with E-state index in [1.165, 1.54) is 35.6 Å². The SMILES string of the molecule is COc1ccc(-c2csc(NC(=O)c3ccc(S(C)(=O)=O)cc3)n2)cc1C. The number of ether oxygens (including phenoxy) is 1. The van der Waals surface area contributed by atoms with Crippen molar-refractivity contribution in [2.75, 3.05) is 18.7 Å². The summed E-state index contributed by atoms with van der Waals surface area (Å²) in [5.74, 6) is 0.460. The number of methoxy groups -OCH3 is 1. The Labute approximate surface area is 161 Å². The fraction of sp³-hybridized carbons (Fsp3) is 0.158. The first-order chi connectivity index (χ1) is 12.8. The van der Waals surface area contributed by atoms with Crippen molar-refractivity contribution < 1.29 is 17.9 Å². The molecule has 1 N–H and O–H groups in total. The van der Waals surface area contributed by atoms with Gasteiger partial charge in [0.25, 0.3) is 5.91 Å². The molecule has 3 aromatic rings. The molecule has 0 saturated carbocycles. The van der Waals surface area contributed by atoms with E-state index in [2.05, 4.69) is 10.3 Å². The van der Waals surface area contributed by atoms with Gasteiger partial charge in [-0.2, -0.15) is 0 Å². The van der Waals surface area contributed by atoms with Crippen molar-refractivity contribution in [1.29, 1.82) is 0 Å². The number of carbonyl (C=O) groups excluding carboxylic acids is 1.